The normalized spacial score (nSPS) is 17.5. The van der Waals surface area contributed by atoms with Gasteiger partial charge in [0.05, 0.1) is 19.3 Å². The van der Waals surface area contributed by atoms with Crippen LogP contribution in [-0.4, -0.2) is 42.4 Å². The molecule has 0 spiro atoms. The Bertz CT molecular complexity index is 722. The monoisotopic (exact) mass is 341 g/mol. The number of amides is 1. The van der Waals surface area contributed by atoms with Crippen LogP contribution >= 0.6 is 0 Å². The van der Waals surface area contributed by atoms with Gasteiger partial charge in [-0.05, 0) is 19.1 Å². The zero-order chi connectivity index (χ0) is 17.6. The molecule has 0 N–H and O–H groups in total. The van der Waals surface area contributed by atoms with Gasteiger partial charge in [0.15, 0.2) is 5.78 Å². The van der Waals surface area contributed by atoms with Crippen molar-refractivity contribution < 1.29 is 18.7 Å². The standard InChI is InChI=1S/C20H23NO4/c1-15-7-8-18(25-15)9-10-20(23)21-11-12-24-14-17(21)13-19(22)16-5-3-2-4-6-16/h2-8,17H,9-14H2,1H3/t17-/m1/s1. The first-order valence-electron chi connectivity index (χ1n) is 8.64. The van der Waals surface area contributed by atoms with Crippen LogP contribution in [0.3, 0.4) is 0 Å². The lowest BCUT2D eigenvalue weighted by atomic mass is 10.0. The van der Waals surface area contributed by atoms with E-state index in [2.05, 4.69) is 0 Å². The van der Waals surface area contributed by atoms with Crippen LogP contribution in [-0.2, 0) is 16.0 Å². The molecule has 0 saturated carbocycles. The van der Waals surface area contributed by atoms with Gasteiger partial charge >= 0.3 is 0 Å². The summed E-state index contributed by atoms with van der Waals surface area (Å²) < 4.78 is 11.0. The van der Waals surface area contributed by atoms with Crippen LogP contribution in [0.4, 0.5) is 0 Å². The van der Waals surface area contributed by atoms with Crippen LogP contribution in [0.2, 0.25) is 0 Å². The molecule has 1 atom stereocenters. The zero-order valence-corrected chi connectivity index (χ0v) is 14.4. The van der Waals surface area contributed by atoms with Crippen molar-refractivity contribution >= 4 is 11.7 Å². The first kappa shape index (κ1) is 17.4. The Kier molecular flexibility index (Phi) is 5.66. The summed E-state index contributed by atoms with van der Waals surface area (Å²) in [5.74, 6) is 1.75. The van der Waals surface area contributed by atoms with Crippen LogP contribution < -0.4 is 0 Å². The molecule has 25 heavy (non-hydrogen) atoms. The Labute approximate surface area is 147 Å². The number of carbonyl (C=O) groups is 2. The quantitative estimate of drug-likeness (QED) is 0.758. The van der Waals surface area contributed by atoms with Gasteiger partial charge in [-0.2, -0.15) is 0 Å². The molecule has 1 aromatic carbocycles. The summed E-state index contributed by atoms with van der Waals surface area (Å²) in [4.78, 5) is 26.9. The van der Waals surface area contributed by atoms with Crippen LogP contribution in [0.25, 0.3) is 0 Å². The molecule has 5 nitrogen and oxygen atoms in total. The minimum atomic E-state index is -0.202. The van der Waals surface area contributed by atoms with E-state index in [4.69, 9.17) is 9.15 Å². The summed E-state index contributed by atoms with van der Waals surface area (Å²) in [5.41, 5.74) is 0.673. The molecule has 1 saturated heterocycles. The van der Waals surface area contributed by atoms with E-state index in [9.17, 15) is 9.59 Å². The van der Waals surface area contributed by atoms with E-state index in [0.29, 0.717) is 38.2 Å². The number of aryl methyl sites for hydroxylation is 2. The molecule has 1 aliphatic rings. The van der Waals surface area contributed by atoms with E-state index in [1.165, 1.54) is 0 Å². The number of nitrogens with zero attached hydrogens (tertiary/aromatic N) is 1. The van der Waals surface area contributed by atoms with Crippen LogP contribution in [0.15, 0.2) is 46.9 Å². The minimum Gasteiger partial charge on any atom is -0.466 e. The van der Waals surface area contributed by atoms with Crippen LogP contribution in [0.5, 0.6) is 0 Å². The molecule has 1 fully saturated rings. The van der Waals surface area contributed by atoms with Crippen LogP contribution in [0, 0.1) is 6.92 Å². The molecule has 0 bridgehead atoms. The predicted octanol–water partition coefficient (Wildman–Crippen LogP) is 3.02. The summed E-state index contributed by atoms with van der Waals surface area (Å²) >= 11 is 0. The fourth-order valence-corrected chi connectivity index (χ4v) is 3.10. The van der Waals surface area contributed by atoms with Crippen molar-refractivity contribution in [1.29, 1.82) is 0 Å². The lowest BCUT2D eigenvalue weighted by Gasteiger charge is -2.35. The SMILES string of the molecule is Cc1ccc(CCC(=O)N2CCOC[C@H]2CC(=O)c2ccccc2)o1. The van der Waals surface area contributed by atoms with Crippen molar-refractivity contribution in [2.24, 2.45) is 0 Å². The van der Waals surface area contributed by atoms with Crippen molar-refractivity contribution in [3.63, 3.8) is 0 Å². The average Bonchev–Trinajstić information content (AvgIpc) is 3.06. The molecule has 1 aliphatic heterocycles. The van der Waals surface area contributed by atoms with Crippen molar-refractivity contribution in [2.75, 3.05) is 19.8 Å². The number of morpholine rings is 1. The number of furan rings is 1. The second kappa shape index (κ2) is 8.12. The lowest BCUT2D eigenvalue weighted by Crippen LogP contribution is -2.49. The number of ketones is 1. The van der Waals surface area contributed by atoms with Gasteiger partial charge in [0.1, 0.15) is 11.5 Å². The average molecular weight is 341 g/mol. The Balaban J connectivity index is 1.60. The third-order valence-corrected chi connectivity index (χ3v) is 4.45. The first-order chi connectivity index (χ1) is 12.1. The smallest absolute Gasteiger partial charge is 0.223 e. The number of hydrogen-bond donors (Lipinski definition) is 0. The summed E-state index contributed by atoms with van der Waals surface area (Å²) in [6, 6.07) is 12.8. The minimum absolute atomic E-state index is 0.0376. The van der Waals surface area contributed by atoms with Gasteiger partial charge in [-0.25, -0.2) is 0 Å². The molecule has 3 rings (SSSR count). The third-order valence-electron chi connectivity index (χ3n) is 4.45. The van der Waals surface area contributed by atoms with Gasteiger partial charge in [-0.1, -0.05) is 30.3 Å². The molecular formula is C20H23NO4. The number of carbonyl (C=O) groups excluding carboxylic acids is 2. The van der Waals surface area contributed by atoms with Crippen LogP contribution in [0.1, 0.15) is 34.7 Å². The highest BCUT2D eigenvalue weighted by atomic mass is 16.5. The molecule has 2 heterocycles. The highest BCUT2D eigenvalue weighted by Crippen LogP contribution is 2.17. The molecule has 0 radical (unpaired) electrons. The van der Waals surface area contributed by atoms with E-state index in [1.807, 2.05) is 37.3 Å². The molecule has 1 amide bonds. The number of hydrogen-bond acceptors (Lipinski definition) is 4. The maximum Gasteiger partial charge on any atom is 0.223 e. The Morgan fingerprint density at radius 2 is 1.96 bits per heavy atom. The summed E-state index contributed by atoms with van der Waals surface area (Å²) in [7, 11) is 0. The molecule has 0 aliphatic carbocycles. The largest absolute Gasteiger partial charge is 0.466 e. The molecule has 5 heteroatoms. The second-order valence-corrected chi connectivity index (χ2v) is 6.32. The topological polar surface area (TPSA) is 59.8 Å². The van der Waals surface area contributed by atoms with Gasteiger partial charge in [-0.15, -0.1) is 0 Å². The summed E-state index contributed by atoms with van der Waals surface area (Å²) in [6.45, 7) is 3.34. The predicted molar refractivity (Wildman–Crippen MR) is 93.5 cm³/mol. The highest BCUT2D eigenvalue weighted by molar-refractivity contribution is 5.96. The van der Waals surface area contributed by atoms with Crippen molar-refractivity contribution in [2.45, 2.75) is 32.2 Å². The fraction of sp³-hybridized carbons (Fsp3) is 0.400. The Morgan fingerprint density at radius 3 is 2.68 bits per heavy atom. The van der Waals surface area contributed by atoms with E-state index < -0.39 is 0 Å². The van der Waals surface area contributed by atoms with Gasteiger partial charge in [0, 0.05) is 31.4 Å². The first-order valence-corrected chi connectivity index (χ1v) is 8.64. The molecule has 1 aromatic heterocycles. The number of rotatable bonds is 6. The van der Waals surface area contributed by atoms with E-state index in [0.717, 1.165) is 11.5 Å². The summed E-state index contributed by atoms with van der Waals surface area (Å²) in [5, 5.41) is 0. The Morgan fingerprint density at radius 1 is 1.16 bits per heavy atom. The second-order valence-electron chi connectivity index (χ2n) is 6.32. The fourth-order valence-electron chi connectivity index (χ4n) is 3.10. The van der Waals surface area contributed by atoms with Crippen molar-refractivity contribution in [3.05, 3.63) is 59.5 Å². The van der Waals surface area contributed by atoms with Crippen molar-refractivity contribution in [3.8, 4) is 0 Å². The molecule has 2 aromatic rings. The Hall–Kier alpha value is -2.40. The zero-order valence-electron chi connectivity index (χ0n) is 14.4. The van der Waals surface area contributed by atoms with E-state index in [1.54, 1.807) is 17.0 Å². The molecular weight excluding hydrogens is 318 g/mol. The number of benzene rings is 1. The lowest BCUT2D eigenvalue weighted by molar-refractivity contribution is -0.139. The van der Waals surface area contributed by atoms with E-state index in [-0.39, 0.29) is 24.2 Å². The third kappa shape index (κ3) is 4.57. The summed E-state index contributed by atoms with van der Waals surface area (Å²) in [6.07, 6.45) is 1.24. The van der Waals surface area contributed by atoms with Crippen molar-refractivity contribution in [1.82, 2.24) is 4.90 Å². The highest BCUT2D eigenvalue weighted by Gasteiger charge is 2.29. The number of Topliss-reactive ketones (excluding diaryl/α,β-unsaturated/α-hetero) is 1. The number of ether oxygens (including phenoxy) is 1. The maximum absolute atomic E-state index is 12.6. The van der Waals surface area contributed by atoms with Gasteiger partial charge < -0.3 is 14.1 Å². The van der Waals surface area contributed by atoms with E-state index >= 15 is 0 Å². The molecule has 132 valence electrons. The molecule has 0 unspecified atom stereocenters. The van der Waals surface area contributed by atoms with Gasteiger partial charge in [0.2, 0.25) is 5.91 Å². The van der Waals surface area contributed by atoms with Gasteiger partial charge in [0.25, 0.3) is 0 Å². The maximum atomic E-state index is 12.6. The van der Waals surface area contributed by atoms with Gasteiger partial charge in [-0.3, -0.25) is 9.59 Å².